The summed E-state index contributed by atoms with van der Waals surface area (Å²) in [5.41, 5.74) is 4.41. The lowest BCUT2D eigenvalue weighted by molar-refractivity contribution is 0.262. The maximum absolute atomic E-state index is 12.4. The van der Waals surface area contributed by atoms with Crippen LogP contribution in [0, 0.1) is 0 Å². The predicted octanol–water partition coefficient (Wildman–Crippen LogP) is 6.29. The molecule has 2 N–H and O–H groups in total. The van der Waals surface area contributed by atoms with Crippen molar-refractivity contribution in [1.82, 2.24) is 10.2 Å². The highest BCUT2D eigenvalue weighted by molar-refractivity contribution is 6.00. The quantitative estimate of drug-likeness (QED) is 0.500. The van der Waals surface area contributed by atoms with E-state index in [1.807, 2.05) is 60.7 Å². The highest BCUT2D eigenvalue weighted by atomic mass is 16.2. The van der Waals surface area contributed by atoms with Crippen LogP contribution in [0.2, 0.25) is 0 Å². The summed E-state index contributed by atoms with van der Waals surface area (Å²) in [5.74, 6) is 1.40. The average Bonchev–Trinajstić information content (AvgIpc) is 3.09. The Bertz CT molecular complexity index is 1020. The van der Waals surface area contributed by atoms with Crippen molar-refractivity contribution in [3.05, 3.63) is 66.2 Å². The molecule has 1 saturated heterocycles. The molecule has 3 aromatic rings. The minimum Gasteiger partial charge on any atom is -0.355 e. The molecule has 0 aliphatic carbocycles. The number of carbonyl (C=O) groups is 1. The van der Waals surface area contributed by atoms with Gasteiger partial charge in [0.15, 0.2) is 5.82 Å². The van der Waals surface area contributed by atoms with Gasteiger partial charge in [0.2, 0.25) is 0 Å². The molecular formula is C26H31N5O. The van der Waals surface area contributed by atoms with Gasteiger partial charge in [-0.1, -0.05) is 51.0 Å². The number of hydrogen-bond acceptors (Lipinski definition) is 4. The monoisotopic (exact) mass is 429 g/mol. The van der Waals surface area contributed by atoms with Crippen LogP contribution < -0.4 is 15.5 Å². The first kappa shape index (κ1) is 21.8. The lowest BCUT2D eigenvalue weighted by Crippen LogP contribution is -2.25. The van der Waals surface area contributed by atoms with Crippen molar-refractivity contribution in [2.45, 2.75) is 45.4 Å². The van der Waals surface area contributed by atoms with E-state index in [9.17, 15) is 4.79 Å². The number of aromatic nitrogens is 2. The van der Waals surface area contributed by atoms with Crippen LogP contribution in [-0.4, -0.2) is 29.3 Å². The minimum absolute atomic E-state index is 0.276. The van der Waals surface area contributed by atoms with Crippen LogP contribution in [0.15, 0.2) is 60.7 Å². The van der Waals surface area contributed by atoms with Crippen molar-refractivity contribution in [3.8, 4) is 11.3 Å². The summed E-state index contributed by atoms with van der Waals surface area (Å²) in [7, 11) is 0. The first-order valence-electron chi connectivity index (χ1n) is 11.5. The number of carbonyl (C=O) groups excluding carboxylic acids is 1. The summed E-state index contributed by atoms with van der Waals surface area (Å²) in [6.45, 7) is 6.38. The molecule has 2 aromatic carbocycles. The number of nitrogens with one attached hydrogen (secondary N) is 2. The molecule has 0 atom stereocenters. The second-order valence-corrected chi connectivity index (χ2v) is 8.61. The van der Waals surface area contributed by atoms with Gasteiger partial charge in [0.25, 0.3) is 0 Å². The number of hydrogen-bond donors (Lipinski definition) is 2. The van der Waals surface area contributed by atoms with Crippen LogP contribution in [0.4, 0.5) is 22.0 Å². The normalized spacial score (nSPS) is 14.2. The smallest absolute Gasteiger partial charge is 0.323 e. The number of rotatable bonds is 5. The largest absolute Gasteiger partial charge is 0.355 e. The second kappa shape index (κ2) is 10.3. The maximum Gasteiger partial charge on any atom is 0.323 e. The summed E-state index contributed by atoms with van der Waals surface area (Å²) in [5, 5.41) is 14.7. The van der Waals surface area contributed by atoms with E-state index in [2.05, 4.69) is 39.6 Å². The zero-order chi connectivity index (χ0) is 22.3. The molecule has 1 fully saturated rings. The Hall–Kier alpha value is -3.41. The summed E-state index contributed by atoms with van der Waals surface area (Å²) >= 11 is 0. The van der Waals surface area contributed by atoms with Gasteiger partial charge in [-0.25, -0.2) is 4.79 Å². The molecule has 0 radical (unpaired) electrons. The van der Waals surface area contributed by atoms with Gasteiger partial charge in [0.05, 0.1) is 5.69 Å². The summed E-state index contributed by atoms with van der Waals surface area (Å²) < 4.78 is 0. The van der Waals surface area contributed by atoms with Gasteiger partial charge in [0, 0.05) is 30.0 Å². The molecule has 2 amide bonds. The van der Waals surface area contributed by atoms with Gasteiger partial charge >= 0.3 is 6.03 Å². The molecule has 0 spiro atoms. The molecule has 1 aliphatic rings. The van der Waals surface area contributed by atoms with Crippen molar-refractivity contribution >= 4 is 23.2 Å². The van der Waals surface area contributed by atoms with Crippen molar-refractivity contribution in [3.63, 3.8) is 0 Å². The van der Waals surface area contributed by atoms with Crippen LogP contribution >= 0.6 is 0 Å². The van der Waals surface area contributed by atoms with Gasteiger partial charge in [-0.2, -0.15) is 0 Å². The Kier molecular flexibility index (Phi) is 7.00. The van der Waals surface area contributed by atoms with E-state index >= 15 is 0 Å². The van der Waals surface area contributed by atoms with Gasteiger partial charge < -0.3 is 15.5 Å². The van der Waals surface area contributed by atoms with Gasteiger partial charge in [0.1, 0.15) is 0 Å². The third-order valence-corrected chi connectivity index (χ3v) is 5.83. The van der Waals surface area contributed by atoms with Crippen LogP contribution in [0.3, 0.4) is 0 Å². The molecule has 0 saturated carbocycles. The number of benzene rings is 2. The first-order valence-corrected chi connectivity index (χ1v) is 11.5. The SMILES string of the molecule is CC(C)c1ccc(NC(=O)Nc2cccc(-c3ccc(N4CCCCCC4)nn3)c2)cc1. The van der Waals surface area contributed by atoms with Gasteiger partial charge in [-0.05, 0) is 60.7 Å². The maximum atomic E-state index is 12.4. The third-order valence-electron chi connectivity index (χ3n) is 5.83. The summed E-state index contributed by atoms with van der Waals surface area (Å²) in [4.78, 5) is 14.8. The molecule has 0 bridgehead atoms. The fourth-order valence-corrected chi connectivity index (χ4v) is 3.95. The molecule has 32 heavy (non-hydrogen) atoms. The van der Waals surface area contributed by atoms with Crippen molar-refractivity contribution in [2.75, 3.05) is 28.6 Å². The van der Waals surface area contributed by atoms with Crippen LogP contribution in [0.25, 0.3) is 11.3 Å². The van der Waals surface area contributed by atoms with Crippen LogP contribution in [0.1, 0.15) is 51.0 Å². The Morgan fingerprint density at radius 2 is 1.56 bits per heavy atom. The molecule has 1 aromatic heterocycles. The average molecular weight is 430 g/mol. The Morgan fingerprint density at radius 3 is 2.22 bits per heavy atom. The lowest BCUT2D eigenvalue weighted by atomic mass is 10.0. The number of nitrogens with zero attached hydrogens (tertiary/aromatic N) is 3. The summed E-state index contributed by atoms with van der Waals surface area (Å²) in [6, 6.07) is 19.4. The lowest BCUT2D eigenvalue weighted by Gasteiger charge is -2.20. The molecule has 2 heterocycles. The molecule has 6 heteroatoms. The second-order valence-electron chi connectivity index (χ2n) is 8.61. The number of urea groups is 1. The van der Waals surface area contributed by atoms with Gasteiger partial charge in [-0.3, -0.25) is 0 Å². The fourth-order valence-electron chi connectivity index (χ4n) is 3.95. The van der Waals surface area contributed by atoms with Crippen molar-refractivity contribution < 1.29 is 4.79 Å². The molecule has 6 nitrogen and oxygen atoms in total. The zero-order valence-electron chi connectivity index (χ0n) is 18.8. The van der Waals surface area contributed by atoms with E-state index in [0.717, 1.165) is 35.9 Å². The summed E-state index contributed by atoms with van der Waals surface area (Å²) in [6.07, 6.45) is 5.00. The van der Waals surface area contributed by atoms with E-state index in [1.165, 1.54) is 31.2 Å². The van der Waals surface area contributed by atoms with E-state index in [0.29, 0.717) is 11.6 Å². The highest BCUT2D eigenvalue weighted by Gasteiger charge is 2.12. The van der Waals surface area contributed by atoms with Gasteiger partial charge in [-0.15, -0.1) is 10.2 Å². The zero-order valence-corrected chi connectivity index (χ0v) is 18.8. The third kappa shape index (κ3) is 5.63. The van der Waals surface area contributed by atoms with E-state index < -0.39 is 0 Å². The molecular weight excluding hydrogens is 398 g/mol. The van der Waals surface area contributed by atoms with Crippen molar-refractivity contribution in [2.24, 2.45) is 0 Å². The highest BCUT2D eigenvalue weighted by Crippen LogP contribution is 2.23. The van der Waals surface area contributed by atoms with E-state index in [4.69, 9.17) is 0 Å². The molecule has 166 valence electrons. The van der Waals surface area contributed by atoms with Crippen molar-refractivity contribution in [1.29, 1.82) is 0 Å². The standard InChI is InChI=1S/C26H31N5O/c1-19(2)20-10-12-22(13-11-20)27-26(32)28-23-9-7-8-21(18-23)24-14-15-25(30-29-24)31-16-5-3-4-6-17-31/h7-15,18-19H,3-6,16-17H2,1-2H3,(H2,27,28,32). The predicted molar refractivity (Wildman–Crippen MR) is 131 cm³/mol. The Morgan fingerprint density at radius 1 is 0.844 bits per heavy atom. The Balaban J connectivity index is 1.40. The number of anilines is 3. The Labute approximate surface area is 190 Å². The number of amides is 2. The first-order chi connectivity index (χ1) is 15.6. The molecule has 4 rings (SSSR count). The van der Waals surface area contributed by atoms with Crippen LogP contribution in [0.5, 0.6) is 0 Å². The molecule has 0 unspecified atom stereocenters. The topological polar surface area (TPSA) is 70.2 Å². The van der Waals surface area contributed by atoms with Crippen LogP contribution in [-0.2, 0) is 0 Å². The minimum atomic E-state index is -0.276. The van der Waals surface area contributed by atoms with E-state index in [1.54, 1.807) is 0 Å². The van der Waals surface area contributed by atoms with E-state index in [-0.39, 0.29) is 6.03 Å². The fraction of sp³-hybridized carbons (Fsp3) is 0.346. The molecule has 1 aliphatic heterocycles.